The van der Waals surface area contributed by atoms with E-state index >= 15 is 0 Å². The van der Waals surface area contributed by atoms with Crippen LogP contribution in [0, 0.1) is 12.3 Å². The molecule has 0 bridgehead atoms. The van der Waals surface area contributed by atoms with Crippen molar-refractivity contribution in [1.29, 1.82) is 0 Å². The first-order valence-corrected chi connectivity index (χ1v) is 12.0. The van der Waals surface area contributed by atoms with Gasteiger partial charge in [-0.2, -0.15) is 5.21 Å². The van der Waals surface area contributed by atoms with Gasteiger partial charge in [-0.05, 0) is 60.2 Å². The SMILES string of the molecule is COc1cc(C)c2[nH]ccc2c1CN1CCC2(C[C@H]1c1ccc(-c3nn[nH]n3)cc1)CC(F)(F)C2. The fraction of sp³-hybridized carbons (Fsp3) is 0.423. The highest BCUT2D eigenvalue weighted by Crippen LogP contribution is 2.60. The molecule has 4 aromatic rings. The number of fused-ring (bicyclic) bond motifs is 1. The van der Waals surface area contributed by atoms with Gasteiger partial charge < -0.3 is 9.72 Å². The number of hydrogen-bond acceptors (Lipinski definition) is 5. The van der Waals surface area contributed by atoms with Crippen LogP contribution in [0.2, 0.25) is 0 Å². The normalized spacial score (nSPS) is 21.3. The molecule has 1 saturated heterocycles. The summed E-state index contributed by atoms with van der Waals surface area (Å²) in [6.07, 6.45) is 3.43. The minimum atomic E-state index is -2.54. The van der Waals surface area contributed by atoms with Crippen LogP contribution in [0.15, 0.2) is 42.6 Å². The number of aromatic nitrogens is 5. The Labute approximate surface area is 201 Å². The molecule has 0 amide bonds. The van der Waals surface area contributed by atoms with Crippen LogP contribution in [0.1, 0.15) is 48.4 Å². The zero-order chi connectivity index (χ0) is 24.2. The first kappa shape index (κ1) is 22.2. The lowest BCUT2D eigenvalue weighted by atomic mass is 9.59. The number of hydrogen-bond donors (Lipinski definition) is 2. The fourth-order valence-electron chi connectivity index (χ4n) is 6.19. The van der Waals surface area contributed by atoms with E-state index in [4.69, 9.17) is 4.74 Å². The quantitative estimate of drug-likeness (QED) is 0.400. The standard InChI is InChI=1S/C26H28F2N6O/c1-16-11-22(35-2)20(19-7-9-29-23(16)19)13-34-10-8-25(14-26(27,28)15-25)12-21(34)17-3-5-18(6-4-17)24-30-32-33-31-24/h3-7,9,11,21,29H,8,10,12-15H2,1-2H3,(H,30,31,32,33)/t21-/m0/s1. The smallest absolute Gasteiger partial charge is 0.249 e. The molecule has 2 aliphatic rings. The minimum absolute atomic E-state index is 0.0127. The fourth-order valence-corrected chi connectivity index (χ4v) is 6.19. The van der Waals surface area contributed by atoms with Crippen molar-refractivity contribution in [3.05, 3.63) is 59.3 Å². The Kier molecular flexibility index (Phi) is 5.14. The maximum atomic E-state index is 14.0. The molecule has 2 fully saturated rings. The van der Waals surface area contributed by atoms with Crippen molar-refractivity contribution in [2.24, 2.45) is 5.41 Å². The third kappa shape index (κ3) is 3.87. The number of benzene rings is 2. The van der Waals surface area contributed by atoms with Gasteiger partial charge in [0.2, 0.25) is 11.7 Å². The number of piperidine rings is 1. The monoisotopic (exact) mass is 478 g/mol. The van der Waals surface area contributed by atoms with Crippen LogP contribution in [-0.4, -0.2) is 50.1 Å². The molecule has 35 heavy (non-hydrogen) atoms. The summed E-state index contributed by atoms with van der Waals surface area (Å²) in [4.78, 5) is 5.76. The number of nitrogens with one attached hydrogen (secondary N) is 2. The van der Waals surface area contributed by atoms with E-state index < -0.39 is 5.92 Å². The van der Waals surface area contributed by atoms with Crippen LogP contribution in [-0.2, 0) is 6.54 Å². The highest BCUT2D eigenvalue weighted by atomic mass is 19.3. The molecule has 1 aliphatic carbocycles. The highest BCUT2D eigenvalue weighted by Gasteiger charge is 2.58. The van der Waals surface area contributed by atoms with E-state index in [1.54, 1.807) is 7.11 Å². The number of methoxy groups -OCH3 is 1. The van der Waals surface area contributed by atoms with Crippen molar-refractivity contribution in [2.45, 2.75) is 51.1 Å². The molecule has 1 spiro atoms. The second-order valence-electron chi connectivity index (χ2n) is 10.1. The maximum Gasteiger partial charge on any atom is 0.249 e. The molecule has 9 heteroatoms. The summed E-state index contributed by atoms with van der Waals surface area (Å²) in [5.41, 5.74) is 5.05. The first-order chi connectivity index (χ1) is 16.9. The number of halogens is 2. The summed E-state index contributed by atoms with van der Waals surface area (Å²) in [7, 11) is 1.70. The summed E-state index contributed by atoms with van der Waals surface area (Å²) >= 11 is 0. The van der Waals surface area contributed by atoms with Gasteiger partial charge in [0.15, 0.2) is 0 Å². The molecule has 2 aromatic carbocycles. The topological polar surface area (TPSA) is 82.7 Å². The Morgan fingerprint density at radius 3 is 2.66 bits per heavy atom. The van der Waals surface area contributed by atoms with Crippen LogP contribution in [0.25, 0.3) is 22.3 Å². The summed E-state index contributed by atoms with van der Waals surface area (Å²) in [6, 6.07) is 12.3. The third-order valence-corrected chi connectivity index (χ3v) is 7.86. The van der Waals surface area contributed by atoms with Gasteiger partial charge in [0.25, 0.3) is 0 Å². The number of alkyl halides is 2. The maximum absolute atomic E-state index is 14.0. The van der Waals surface area contributed by atoms with Crippen molar-refractivity contribution in [1.82, 2.24) is 30.5 Å². The van der Waals surface area contributed by atoms with Crippen LogP contribution < -0.4 is 4.74 Å². The van der Waals surface area contributed by atoms with Crippen molar-refractivity contribution in [3.8, 4) is 17.1 Å². The van der Waals surface area contributed by atoms with Gasteiger partial charge in [0, 0.05) is 53.7 Å². The Morgan fingerprint density at radius 2 is 1.97 bits per heavy atom. The molecule has 2 N–H and O–H groups in total. The van der Waals surface area contributed by atoms with Gasteiger partial charge in [-0.1, -0.05) is 24.3 Å². The molecule has 6 rings (SSSR count). The molecule has 7 nitrogen and oxygen atoms in total. The van der Waals surface area contributed by atoms with Gasteiger partial charge in [0.1, 0.15) is 5.75 Å². The van der Waals surface area contributed by atoms with Gasteiger partial charge in [-0.15, -0.1) is 10.2 Å². The molecule has 3 heterocycles. The predicted octanol–water partition coefficient (Wildman–Crippen LogP) is 5.42. The second kappa shape index (κ2) is 8.12. The van der Waals surface area contributed by atoms with Crippen LogP contribution in [0.5, 0.6) is 5.75 Å². The summed E-state index contributed by atoms with van der Waals surface area (Å²) < 4.78 is 33.7. The third-order valence-electron chi connectivity index (χ3n) is 7.86. The van der Waals surface area contributed by atoms with E-state index in [0.29, 0.717) is 18.8 Å². The molecular weight excluding hydrogens is 450 g/mol. The molecule has 0 unspecified atom stereocenters. The Balaban J connectivity index is 1.35. The molecule has 0 radical (unpaired) electrons. The number of nitrogens with zero attached hydrogens (tertiary/aromatic N) is 4. The average molecular weight is 479 g/mol. The van der Waals surface area contributed by atoms with Crippen LogP contribution in [0.4, 0.5) is 8.78 Å². The highest BCUT2D eigenvalue weighted by molar-refractivity contribution is 5.88. The van der Waals surface area contributed by atoms with E-state index in [1.165, 1.54) is 0 Å². The number of tetrazole rings is 1. The Bertz CT molecular complexity index is 1340. The van der Waals surface area contributed by atoms with E-state index in [9.17, 15) is 8.78 Å². The van der Waals surface area contributed by atoms with Gasteiger partial charge in [-0.3, -0.25) is 4.90 Å². The van der Waals surface area contributed by atoms with Crippen LogP contribution >= 0.6 is 0 Å². The van der Waals surface area contributed by atoms with Crippen molar-refractivity contribution in [3.63, 3.8) is 0 Å². The van der Waals surface area contributed by atoms with Gasteiger partial charge in [-0.25, -0.2) is 8.78 Å². The van der Waals surface area contributed by atoms with Gasteiger partial charge in [0.05, 0.1) is 7.11 Å². The molecule has 1 atom stereocenters. The number of likely N-dealkylation sites (tertiary alicyclic amines) is 1. The molecule has 2 aromatic heterocycles. The predicted molar refractivity (Wildman–Crippen MR) is 128 cm³/mol. The zero-order valence-corrected chi connectivity index (χ0v) is 19.8. The average Bonchev–Trinajstić information content (AvgIpc) is 3.53. The van der Waals surface area contributed by atoms with Crippen LogP contribution in [0.3, 0.4) is 0 Å². The van der Waals surface area contributed by atoms with Gasteiger partial charge >= 0.3 is 0 Å². The zero-order valence-electron chi connectivity index (χ0n) is 19.8. The van der Waals surface area contributed by atoms with E-state index in [2.05, 4.69) is 61.7 Å². The first-order valence-electron chi connectivity index (χ1n) is 12.0. The second-order valence-corrected chi connectivity index (χ2v) is 10.1. The minimum Gasteiger partial charge on any atom is -0.496 e. The van der Waals surface area contributed by atoms with E-state index in [0.717, 1.165) is 51.9 Å². The molecule has 1 saturated carbocycles. The lowest BCUT2D eigenvalue weighted by Gasteiger charge is -2.54. The van der Waals surface area contributed by atoms with E-state index in [1.807, 2.05) is 18.3 Å². The lowest BCUT2D eigenvalue weighted by molar-refractivity contribution is -0.186. The number of rotatable bonds is 5. The molecular formula is C26H28F2N6O. The van der Waals surface area contributed by atoms with Crippen molar-refractivity contribution >= 4 is 10.9 Å². The van der Waals surface area contributed by atoms with Crippen molar-refractivity contribution < 1.29 is 13.5 Å². The Hall–Kier alpha value is -3.33. The summed E-state index contributed by atoms with van der Waals surface area (Å²) in [6.45, 7) is 3.51. The molecule has 182 valence electrons. The molecule has 1 aliphatic heterocycles. The number of H-pyrrole nitrogens is 2. The number of aromatic amines is 2. The summed E-state index contributed by atoms with van der Waals surface area (Å²) in [5, 5.41) is 15.4. The van der Waals surface area contributed by atoms with E-state index in [-0.39, 0.29) is 24.3 Å². The Morgan fingerprint density at radius 1 is 1.17 bits per heavy atom. The van der Waals surface area contributed by atoms with Crippen molar-refractivity contribution in [2.75, 3.05) is 13.7 Å². The summed E-state index contributed by atoms with van der Waals surface area (Å²) in [5.74, 6) is -1.14. The number of aryl methyl sites for hydroxylation is 1. The lowest BCUT2D eigenvalue weighted by Crippen LogP contribution is -2.53. The largest absolute Gasteiger partial charge is 0.496 e. The number of ether oxygens (including phenoxy) is 1.